The van der Waals surface area contributed by atoms with E-state index < -0.39 is 6.64 Å². The molecule has 1 fully saturated rings. The number of guanidine groups is 1. The summed E-state index contributed by atoms with van der Waals surface area (Å²) in [7, 11) is 5.19. The van der Waals surface area contributed by atoms with Gasteiger partial charge in [-0.2, -0.15) is 4.76 Å². The second-order valence-electron chi connectivity index (χ2n) is 2.92. The molecule has 0 spiro atoms. The molecule has 76 valence electrons. The van der Waals surface area contributed by atoms with Crippen molar-refractivity contribution in [2.24, 2.45) is 4.76 Å². The van der Waals surface area contributed by atoms with E-state index in [4.69, 9.17) is 16.3 Å². The lowest BCUT2D eigenvalue weighted by molar-refractivity contribution is 0.387. The predicted molar refractivity (Wildman–Crippen MR) is 56.2 cm³/mol. The molecule has 1 N–H and O–H groups in total. The molecule has 1 saturated heterocycles. The van der Waals surface area contributed by atoms with Crippen LogP contribution < -0.4 is 0 Å². The van der Waals surface area contributed by atoms with Gasteiger partial charge >= 0.3 is 6.64 Å². The number of nitrogens with zero attached hydrogens (tertiary/aromatic N) is 3. The van der Waals surface area contributed by atoms with Crippen molar-refractivity contribution >= 4 is 24.4 Å². The first-order chi connectivity index (χ1) is 5.96. The minimum Gasteiger partial charge on any atom is -0.344 e. The second-order valence-corrected chi connectivity index (χ2v) is 5.89. The molecule has 0 aliphatic carbocycles. The zero-order chi connectivity index (χ0) is 10.1. The van der Waals surface area contributed by atoms with Gasteiger partial charge in [0, 0.05) is 34.3 Å². The van der Waals surface area contributed by atoms with Crippen molar-refractivity contribution in [3.8, 4) is 0 Å². The molecule has 0 amide bonds. The zero-order valence-corrected chi connectivity index (χ0v) is 9.68. The molecule has 1 aliphatic rings. The van der Waals surface area contributed by atoms with Crippen molar-refractivity contribution in [1.29, 1.82) is 0 Å². The van der Waals surface area contributed by atoms with Crippen LogP contribution >= 0.6 is 6.64 Å². The summed E-state index contributed by atoms with van der Waals surface area (Å²) in [6.07, 6.45) is 0. The Morgan fingerprint density at radius 3 is 2.31 bits per heavy atom. The Labute approximate surface area is 83.2 Å². The molecule has 13 heavy (non-hydrogen) atoms. The Morgan fingerprint density at radius 1 is 1.46 bits per heavy atom. The lowest BCUT2D eigenvalue weighted by Crippen LogP contribution is -2.28. The molecule has 5 nitrogen and oxygen atoms in total. The fourth-order valence-corrected chi connectivity index (χ4v) is 1.93. The molecule has 0 saturated carbocycles. The first-order valence-corrected chi connectivity index (χ1v) is 6.50. The van der Waals surface area contributed by atoms with Crippen LogP contribution in [0.2, 0.25) is 0 Å². The van der Waals surface area contributed by atoms with Crippen LogP contribution in [0.1, 0.15) is 0 Å². The van der Waals surface area contributed by atoms with Crippen molar-refractivity contribution in [1.82, 2.24) is 9.80 Å². The van der Waals surface area contributed by atoms with Crippen molar-refractivity contribution in [2.75, 3.05) is 34.3 Å². The predicted octanol–water partition coefficient (Wildman–Crippen LogP) is 0.0828. The molecule has 1 atom stereocenters. The average molecular weight is 223 g/mol. The minimum atomic E-state index is -2.96. The van der Waals surface area contributed by atoms with Gasteiger partial charge in [0.25, 0.3) is 0 Å². The van der Waals surface area contributed by atoms with Crippen molar-refractivity contribution in [3.63, 3.8) is 0 Å². The normalized spacial score (nSPS) is 22.0. The fraction of sp³-hybridized carbons (Fsp3) is 0.833. The highest BCUT2D eigenvalue weighted by Gasteiger charge is 2.23. The molecular formula is C6H14N3O2PS. The average Bonchev–Trinajstić information content (AvgIpc) is 2.36. The summed E-state index contributed by atoms with van der Waals surface area (Å²) in [4.78, 5) is 13.4. The quantitative estimate of drug-likeness (QED) is 0.672. The van der Waals surface area contributed by atoms with Gasteiger partial charge < -0.3 is 19.2 Å². The van der Waals surface area contributed by atoms with E-state index in [0.717, 1.165) is 13.1 Å². The molecule has 1 heterocycles. The van der Waals surface area contributed by atoms with E-state index in [0.29, 0.717) is 5.96 Å². The van der Waals surface area contributed by atoms with E-state index in [1.165, 1.54) is 7.11 Å². The summed E-state index contributed by atoms with van der Waals surface area (Å²) >= 11 is 4.79. The molecule has 1 unspecified atom stereocenters. The van der Waals surface area contributed by atoms with E-state index in [1.807, 2.05) is 23.9 Å². The Bertz CT molecular complexity index is 259. The minimum absolute atomic E-state index is 0.702. The van der Waals surface area contributed by atoms with Gasteiger partial charge in [0.05, 0.1) is 0 Å². The van der Waals surface area contributed by atoms with Gasteiger partial charge in [0.15, 0.2) is 0 Å². The van der Waals surface area contributed by atoms with Crippen LogP contribution in [0.5, 0.6) is 0 Å². The van der Waals surface area contributed by atoms with E-state index in [-0.39, 0.29) is 0 Å². The van der Waals surface area contributed by atoms with Gasteiger partial charge in [-0.1, -0.05) is 0 Å². The summed E-state index contributed by atoms with van der Waals surface area (Å²) in [6.45, 7) is -1.16. The Balaban J connectivity index is 2.86. The maximum absolute atomic E-state index is 9.48. The van der Waals surface area contributed by atoms with E-state index in [2.05, 4.69) is 4.76 Å². The maximum atomic E-state index is 9.48. The van der Waals surface area contributed by atoms with Crippen LogP contribution in [0.15, 0.2) is 4.76 Å². The van der Waals surface area contributed by atoms with Gasteiger partial charge in [-0.25, -0.2) is 0 Å². The molecule has 0 radical (unpaired) electrons. The maximum Gasteiger partial charge on any atom is 0.309 e. The highest BCUT2D eigenvalue weighted by Crippen LogP contribution is 2.43. The van der Waals surface area contributed by atoms with Crippen molar-refractivity contribution in [3.05, 3.63) is 0 Å². The molecule has 0 aromatic rings. The molecule has 0 bridgehead atoms. The Hall–Kier alpha value is -0.160. The fourth-order valence-electron chi connectivity index (χ4n) is 1.10. The Morgan fingerprint density at radius 2 is 1.92 bits per heavy atom. The molecule has 7 heteroatoms. The highest BCUT2D eigenvalue weighted by atomic mass is 32.5. The summed E-state index contributed by atoms with van der Waals surface area (Å²) in [5.74, 6) is 0.702. The molecule has 1 rings (SSSR count). The standard InChI is InChI=1S/C6H14N3O2PS/c1-8-4-5-9(2)6(8)7-12(10,13)11-3/h4-5H2,1-3H3,(H,10,13). The van der Waals surface area contributed by atoms with Crippen LogP contribution in [0.25, 0.3) is 0 Å². The number of hydrogen-bond donors (Lipinski definition) is 1. The zero-order valence-electron chi connectivity index (χ0n) is 7.97. The van der Waals surface area contributed by atoms with Gasteiger partial charge in [0.1, 0.15) is 0 Å². The van der Waals surface area contributed by atoms with E-state index in [1.54, 1.807) is 0 Å². The lowest BCUT2D eigenvalue weighted by Gasteiger charge is -2.17. The van der Waals surface area contributed by atoms with Gasteiger partial charge in [-0.15, -0.1) is 0 Å². The number of hydrogen-bond acceptors (Lipinski definition) is 2. The van der Waals surface area contributed by atoms with Crippen LogP contribution in [0, 0.1) is 0 Å². The van der Waals surface area contributed by atoms with Crippen molar-refractivity contribution in [2.45, 2.75) is 0 Å². The van der Waals surface area contributed by atoms with E-state index >= 15 is 0 Å². The third-order valence-corrected chi connectivity index (χ3v) is 3.51. The first-order valence-electron chi connectivity index (χ1n) is 3.87. The topological polar surface area (TPSA) is 48.3 Å². The second kappa shape index (κ2) is 3.92. The Kier molecular flexibility index (Phi) is 3.29. The number of likely N-dealkylation sites (N-methyl/N-ethyl adjacent to an activating group) is 2. The third-order valence-electron chi connectivity index (χ3n) is 1.91. The van der Waals surface area contributed by atoms with Crippen LogP contribution in [0.4, 0.5) is 0 Å². The summed E-state index contributed by atoms with van der Waals surface area (Å²) in [5.41, 5.74) is 0. The molecule has 1 aliphatic heterocycles. The van der Waals surface area contributed by atoms with Gasteiger partial charge in [-0.05, 0) is 11.8 Å². The van der Waals surface area contributed by atoms with E-state index in [9.17, 15) is 4.89 Å². The summed E-state index contributed by atoms with van der Waals surface area (Å²) in [6, 6.07) is 0. The number of rotatable bonds is 2. The van der Waals surface area contributed by atoms with Gasteiger partial charge in [0.2, 0.25) is 5.96 Å². The van der Waals surface area contributed by atoms with Crippen LogP contribution in [-0.4, -0.2) is 54.9 Å². The molecular weight excluding hydrogens is 209 g/mol. The lowest BCUT2D eigenvalue weighted by atomic mass is 10.6. The monoisotopic (exact) mass is 223 g/mol. The smallest absolute Gasteiger partial charge is 0.309 e. The molecule has 0 aromatic carbocycles. The largest absolute Gasteiger partial charge is 0.344 e. The van der Waals surface area contributed by atoms with Crippen LogP contribution in [0.3, 0.4) is 0 Å². The first kappa shape index (κ1) is 10.9. The summed E-state index contributed by atoms with van der Waals surface area (Å²) < 4.78 is 8.75. The molecule has 0 aromatic heterocycles. The van der Waals surface area contributed by atoms with Crippen LogP contribution in [-0.2, 0) is 16.3 Å². The SMILES string of the molecule is COP(O)(=S)N=C1N(C)CCN1C. The summed E-state index contributed by atoms with van der Waals surface area (Å²) in [5, 5.41) is 0. The van der Waals surface area contributed by atoms with Crippen molar-refractivity contribution < 1.29 is 9.42 Å². The van der Waals surface area contributed by atoms with Gasteiger partial charge in [-0.3, -0.25) is 0 Å². The third kappa shape index (κ3) is 2.64. The highest BCUT2D eigenvalue weighted by molar-refractivity contribution is 8.08.